The van der Waals surface area contributed by atoms with Crippen molar-refractivity contribution < 1.29 is 14.3 Å². The van der Waals surface area contributed by atoms with Gasteiger partial charge in [-0.25, -0.2) is 0 Å². The summed E-state index contributed by atoms with van der Waals surface area (Å²) in [6.45, 7) is 4.23. The number of carbonyl (C=O) groups is 2. The minimum absolute atomic E-state index is 0.0252. The van der Waals surface area contributed by atoms with Crippen LogP contribution in [0, 0.1) is 5.92 Å². The molecule has 0 unspecified atom stereocenters. The van der Waals surface area contributed by atoms with Crippen molar-refractivity contribution in [2.24, 2.45) is 5.92 Å². The first-order valence-corrected chi connectivity index (χ1v) is 12.7. The van der Waals surface area contributed by atoms with Gasteiger partial charge in [0.05, 0.1) is 7.11 Å². The second-order valence-electron chi connectivity index (χ2n) is 9.49. The van der Waals surface area contributed by atoms with E-state index in [0.717, 1.165) is 55.1 Å². The molecule has 2 saturated heterocycles. The number of rotatable bonds is 6. The van der Waals surface area contributed by atoms with E-state index in [1.165, 1.54) is 0 Å². The Kier molecular flexibility index (Phi) is 7.29. The van der Waals surface area contributed by atoms with Crippen LogP contribution in [0.3, 0.4) is 0 Å². The van der Waals surface area contributed by atoms with Gasteiger partial charge in [-0.15, -0.1) is 15.3 Å². The highest BCUT2D eigenvalue weighted by molar-refractivity contribution is 5.80. The Hall–Kier alpha value is -3.69. The smallest absolute Gasteiger partial charge is 0.225 e. The molecule has 0 aliphatic carbocycles. The van der Waals surface area contributed by atoms with Crippen molar-refractivity contribution in [1.29, 1.82) is 0 Å². The molecule has 0 bridgehead atoms. The highest BCUT2D eigenvalue weighted by Crippen LogP contribution is 2.24. The highest BCUT2D eigenvalue weighted by Gasteiger charge is 2.30. The lowest BCUT2D eigenvalue weighted by molar-refractivity contribution is -0.137. The fourth-order valence-electron chi connectivity index (χ4n) is 5.09. The molecule has 0 atom stereocenters. The first-order valence-electron chi connectivity index (χ1n) is 12.7. The molecule has 36 heavy (non-hydrogen) atoms. The van der Waals surface area contributed by atoms with E-state index in [2.05, 4.69) is 20.2 Å². The number of aromatic nitrogens is 4. The summed E-state index contributed by atoms with van der Waals surface area (Å²) in [4.78, 5) is 32.2. The van der Waals surface area contributed by atoms with Crippen LogP contribution in [0.4, 0.5) is 5.82 Å². The Morgan fingerprint density at radius 2 is 1.69 bits per heavy atom. The zero-order valence-corrected chi connectivity index (χ0v) is 20.8. The molecule has 10 nitrogen and oxygen atoms in total. The summed E-state index contributed by atoms with van der Waals surface area (Å²) in [5.74, 6) is 2.11. The third-order valence-electron chi connectivity index (χ3n) is 7.26. The topological polar surface area (TPSA) is 96.2 Å². The maximum absolute atomic E-state index is 13.3. The standard InChI is InChI=1S/C26H33N7O3/c1-36-22-6-3-20(4-7-22)5-10-25(34)31-13-2-14-32(18-17-31)26(35)21-11-15-30(16-12-21)24-9-8-23-28-27-19-33(23)29-24/h3-4,6-9,19,21H,2,5,10-18H2,1H3. The molecule has 2 aliphatic rings. The van der Waals surface area contributed by atoms with E-state index in [9.17, 15) is 9.59 Å². The fraction of sp³-hybridized carbons (Fsp3) is 0.500. The molecule has 0 saturated carbocycles. The first kappa shape index (κ1) is 24.0. The average molecular weight is 492 g/mol. The lowest BCUT2D eigenvalue weighted by Gasteiger charge is -2.34. The van der Waals surface area contributed by atoms with E-state index < -0.39 is 0 Å². The number of nitrogens with zero attached hydrogens (tertiary/aromatic N) is 7. The van der Waals surface area contributed by atoms with Crippen molar-refractivity contribution in [2.75, 3.05) is 51.3 Å². The van der Waals surface area contributed by atoms with Gasteiger partial charge in [0.1, 0.15) is 17.9 Å². The summed E-state index contributed by atoms with van der Waals surface area (Å²) in [6, 6.07) is 11.7. The van der Waals surface area contributed by atoms with Gasteiger partial charge >= 0.3 is 0 Å². The van der Waals surface area contributed by atoms with Gasteiger partial charge < -0.3 is 19.4 Å². The van der Waals surface area contributed by atoms with Crippen molar-refractivity contribution in [2.45, 2.75) is 32.1 Å². The van der Waals surface area contributed by atoms with Gasteiger partial charge in [0.2, 0.25) is 11.8 Å². The van der Waals surface area contributed by atoms with Crippen LogP contribution < -0.4 is 9.64 Å². The number of aryl methyl sites for hydroxylation is 1. The second kappa shape index (κ2) is 10.9. The van der Waals surface area contributed by atoms with Gasteiger partial charge in [0, 0.05) is 51.6 Å². The predicted molar refractivity (Wildman–Crippen MR) is 135 cm³/mol. The molecular formula is C26H33N7O3. The van der Waals surface area contributed by atoms with Crippen molar-refractivity contribution in [1.82, 2.24) is 29.6 Å². The van der Waals surface area contributed by atoms with E-state index in [-0.39, 0.29) is 17.7 Å². The highest BCUT2D eigenvalue weighted by atomic mass is 16.5. The van der Waals surface area contributed by atoms with Crippen LogP contribution >= 0.6 is 0 Å². The van der Waals surface area contributed by atoms with Gasteiger partial charge in [-0.2, -0.15) is 4.52 Å². The number of fused-ring (bicyclic) bond motifs is 1. The molecule has 5 rings (SSSR count). The molecule has 2 aromatic heterocycles. The minimum atomic E-state index is 0.0252. The molecule has 1 aromatic carbocycles. The third kappa shape index (κ3) is 5.42. The zero-order chi connectivity index (χ0) is 24.9. The third-order valence-corrected chi connectivity index (χ3v) is 7.26. The number of benzene rings is 1. The van der Waals surface area contributed by atoms with Crippen LogP contribution in [0.2, 0.25) is 0 Å². The van der Waals surface area contributed by atoms with Gasteiger partial charge in [-0.05, 0) is 55.5 Å². The number of anilines is 1. The molecule has 0 N–H and O–H groups in total. The largest absolute Gasteiger partial charge is 0.497 e. The SMILES string of the molecule is COc1ccc(CCC(=O)N2CCCN(C(=O)C3CCN(c4ccc5nncn5n4)CC3)CC2)cc1. The predicted octanol–water partition coefficient (Wildman–Crippen LogP) is 2.04. The Labute approximate surface area is 210 Å². The van der Waals surface area contributed by atoms with E-state index >= 15 is 0 Å². The number of amides is 2. The summed E-state index contributed by atoms with van der Waals surface area (Å²) in [5.41, 5.74) is 1.84. The lowest BCUT2D eigenvalue weighted by atomic mass is 9.95. The molecule has 3 aromatic rings. The quantitative estimate of drug-likeness (QED) is 0.521. The molecule has 2 fully saturated rings. The number of ether oxygens (including phenoxy) is 1. The van der Waals surface area contributed by atoms with E-state index in [4.69, 9.17) is 4.74 Å². The van der Waals surface area contributed by atoms with Crippen LogP contribution in [0.5, 0.6) is 5.75 Å². The normalized spacial score (nSPS) is 17.3. The van der Waals surface area contributed by atoms with Crippen molar-refractivity contribution >= 4 is 23.3 Å². The molecular weight excluding hydrogens is 458 g/mol. The Balaban J connectivity index is 1.09. The maximum Gasteiger partial charge on any atom is 0.225 e. The van der Waals surface area contributed by atoms with Crippen LogP contribution in [0.15, 0.2) is 42.7 Å². The minimum Gasteiger partial charge on any atom is -0.497 e. The van der Waals surface area contributed by atoms with Crippen molar-refractivity contribution in [3.63, 3.8) is 0 Å². The summed E-state index contributed by atoms with van der Waals surface area (Å²) >= 11 is 0. The number of piperidine rings is 1. The number of methoxy groups -OCH3 is 1. The van der Waals surface area contributed by atoms with E-state index in [1.54, 1.807) is 18.0 Å². The maximum atomic E-state index is 13.3. The summed E-state index contributed by atoms with van der Waals surface area (Å²) in [6.07, 6.45) is 5.22. The number of hydrogen-bond acceptors (Lipinski definition) is 7. The number of carbonyl (C=O) groups excluding carboxylic acids is 2. The molecule has 2 amide bonds. The Morgan fingerprint density at radius 1 is 0.944 bits per heavy atom. The van der Waals surface area contributed by atoms with Crippen LogP contribution in [-0.2, 0) is 16.0 Å². The number of hydrogen-bond donors (Lipinski definition) is 0. The van der Waals surface area contributed by atoms with Gasteiger partial charge in [-0.1, -0.05) is 12.1 Å². The molecule has 190 valence electrons. The van der Waals surface area contributed by atoms with Crippen LogP contribution in [0.25, 0.3) is 5.65 Å². The van der Waals surface area contributed by atoms with Crippen molar-refractivity contribution in [3.05, 3.63) is 48.3 Å². The molecule has 0 radical (unpaired) electrons. The van der Waals surface area contributed by atoms with Gasteiger partial charge in [0.25, 0.3) is 0 Å². The average Bonchev–Trinajstić information content (AvgIpc) is 3.26. The summed E-state index contributed by atoms with van der Waals surface area (Å²) < 4.78 is 6.87. The van der Waals surface area contributed by atoms with Crippen LogP contribution in [0.1, 0.15) is 31.2 Å². The molecule has 0 spiro atoms. The van der Waals surface area contributed by atoms with Gasteiger partial charge in [-0.3, -0.25) is 9.59 Å². The van der Waals surface area contributed by atoms with E-state index in [1.807, 2.05) is 46.2 Å². The summed E-state index contributed by atoms with van der Waals surface area (Å²) in [5, 5.41) is 12.5. The van der Waals surface area contributed by atoms with E-state index in [0.29, 0.717) is 39.0 Å². The van der Waals surface area contributed by atoms with Crippen molar-refractivity contribution in [3.8, 4) is 5.75 Å². The molecule has 4 heterocycles. The Morgan fingerprint density at radius 3 is 2.47 bits per heavy atom. The Bertz CT molecular complexity index is 1190. The van der Waals surface area contributed by atoms with Gasteiger partial charge in [0.15, 0.2) is 5.65 Å². The second-order valence-corrected chi connectivity index (χ2v) is 9.49. The summed E-state index contributed by atoms with van der Waals surface area (Å²) in [7, 11) is 1.65. The lowest BCUT2D eigenvalue weighted by Crippen LogP contribution is -2.44. The molecule has 2 aliphatic heterocycles. The first-order chi connectivity index (χ1) is 17.6. The zero-order valence-electron chi connectivity index (χ0n) is 20.8. The molecule has 10 heteroatoms. The monoisotopic (exact) mass is 491 g/mol. The van der Waals surface area contributed by atoms with Crippen LogP contribution in [-0.4, -0.2) is 87.8 Å². The fourth-order valence-corrected chi connectivity index (χ4v) is 5.09.